The molecule has 0 saturated heterocycles. The van der Waals surface area contributed by atoms with E-state index in [-0.39, 0.29) is 12.4 Å². The summed E-state index contributed by atoms with van der Waals surface area (Å²) in [6.45, 7) is -0.752. The predicted octanol–water partition coefficient (Wildman–Crippen LogP) is 7.75. The van der Waals surface area contributed by atoms with Crippen molar-refractivity contribution in [3.05, 3.63) is 157 Å². The number of hydrogen-bond acceptors (Lipinski definition) is 3. The summed E-state index contributed by atoms with van der Waals surface area (Å²) in [5, 5.41) is 0. The molecule has 0 unspecified atom stereocenters. The van der Waals surface area contributed by atoms with Crippen molar-refractivity contribution in [2.75, 3.05) is 9.80 Å². The van der Waals surface area contributed by atoms with E-state index in [1.807, 2.05) is 120 Å². The van der Waals surface area contributed by atoms with Crippen LogP contribution in [-0.4, -0.2) is 13.4 Å². The van der Waals surface area contributed by atoms with E-state index >= 15 is 13.2 Å². The summed E-state index contributed by atoms with van der Waals surface area (Å²) in [5.74, 6) is 0. The maximum absolute atomic E-state index is 16.4. The van der Waals surface area contributed by atoms with Crippen LogP contribution in [0.2, 0.25) is 0 Å². The molecular formula is C43H25B2F3N2S. The van der Waals surface area contributed by atoms with Crippen LogP contribution in [-0.2, 0) is 6.18 Å². The van der Waals surface area contributed by atoms with Crippen molar-refractivity contribution in [3.63, 3.8) is 0 Å². The smallest absolute Gasteiger partial charge is 0.312 e. The Hall–Kier alpha value is -5.59. The van der Waals surface area contributed by atoms with Crippen LogP contribution in [0.15, 0.2) is 161 Å². The lowest BCUT2D eigenvalue weighted by Gasteiger charge is -2.50. The second-order valence-corrected chi connectivity index (χ2v) is 14.5. The van der Waals surface area contributed by atoms with E-state index < -0.39 is 18.5 Å². The Morgan fingerprint density at radius 2 is 0.922 bits per heavy atom. The molecule has 4 aliphatic rings. The third-order valence-corrected chi connectivity index (χ3v) is 12.1. The first-order valence-corrected chi connectivity index (χ1v) is 17.9. The highest BCUT2D eigenvalue weighted by atomic mass is 32.2. The molecule has 2 nitrogen and oxygen atoms in total. The van der Waals surface area contributed by atoms with Crippen molar-refractivity contribution >= 4 is 92.1 Å². The Morgan fingerprint density at radius 1 is 0.451 bits per heavy atom. The lowest BCUT2D eigenvalue weighted by molar-refractivity contribution is -0.139. The van der Waals surface area contributed by atoms with Gasteiger partial charge >= 0.3 is 6.18 Å². The summed E-state index contributed by atoms with van der Waals surface area (Å²) >= 11 is 1.27. The Balaban J connectivity index is 1.36. The molecule has 7 aromatic rings. The standard InChI is InChI=1S/C43H25B2F3N2S/c46-43(47,48)37-40-38-41-39-42(37)51-36-25-13-8-20-31(36)45(39)30-19-7-12-24-35(30)50(41)34-23-11-6-18-29(34)44(38)28-17-5-10-22-33(28)49(40)32-21-9-4-16-27(32)26-14-2-1-3-15-26/h1-25H. The van der Waals surface area contributed by atoms with Crippen LogP contribution >= 0.6 is 11.8 Å². The molecule has 4 aliphatic heterocycles. The zero-order chi connectivity index (χ0) is 34.0. The number of fused-ring (bicyclic) bond motifs is 10. The summed E-state index contributed by atoms with van der Waals surface area (Å²) in [5.41, 5.74) is 11.3. The number of rotatable bonds is 2. The maximum Gasteiger partial charge on any atom is 0.419 e. The molecule has 0 aliphatic carbocycles. The number of hydrogen-bond donors (Lipinski definition) is 0. The summed E-state index contributed by atoms with van der Waals surface area (Å²) in [6, 6.07) is 50.4. The summed E-state index contributed by atoms with van der Waals surface area (Å²) in [6.07, 6.45) is -4.66. The van der Waals surface area contributed by atoms with Crippen LogP contribution in [0.1, 0.15) is 5.56 Å². The molecular weight excluding hydrogens is 655 g/mol. The van der Waals surface area contributed by atoms with E-state index in [0.717, 1.165) is 66.1 Å². The predicted molar refractivity (Wildman–Crippen MR) is 206 cm³/mol. The third-order valence-electron chi connectivity index (χ3n) is 10.9. The van der Waals surface area contributed by atoms with E-state index in [4.69, 9.17) is 0 Å². The van der Waals surface area contributed by atoms with Gasteiger partial charge in [0.1, 0.15) is 0 Å². The highest BCUT2D eigenvalue weighted by Crippen LogP contribution is 2.54. The van der Waals surface area contributed by atoms with Crippen LogP contribution in [0, 0.1) is 0 Å². The monoisotopic (exact) mass is 680 g/mol. The van der Waals surface area contributed by atoms with Crippen LogP contribution in [0.25, 0.3) is 11.1 Å². The fourth-order valence-electron chi connectivity index (χ4n) is 9.08. The topological polar surface area (TPSA) is 6.48 Å². The molecule has 7 aromatic carbocycles. The minimum Gasteiger partial charge on any atom is -0.312 e. The fraction of sp³-hybridized carbons (Fsp3) is 0.0233. The largest absolute Gasteiger partial charge is 0.419 e. The molecule has 11 rings (SSSR count). The number of benzene rings is 7. The van der Waals surface area contributed by atoms with E-state index in [1.165, 1.54) is 11.8 Å². The van der Waals surface area contributed by atoms with Crippen LogP contribution in [0.4, 0.5) is 47.3 Å². The van der Waals surface area contributed by atoms with Gasteiger partial charge in [-0.05, 0) is 63.2 Å². The molecule has 0 radical (unpaired) electrons. The molecule has 0 bridgehead atoms. The first kappa shape index (κ1) is 29.2. The summed E-state index contributed by atoms with van der Waals surface area (Å²) < 4.78 is 49.2. The van der Waals surface area contributed by atoms with Crippen molar-refractivity contribution in [3.8, 4) is 11.1 Å². The second kappa shape index (κ2) is 10.5. The molecule has 0 atom stereocenters. The zero-order valence-corrected chi connectivity index (χ0v) is 27.8. The number of nitrogens with zero attached hydrogens (tertiary/aromatic N) is 2. The lowest BCUT2D eigenvalue weighted by Crippen LogP contribution is -2.68. The normalized spacial score (nSPS) is 14.3. The Bertz CT molecular complexity index is 2600. The van der Waals surface area contributed by atoms with Gasteiger partial charge in [0.05, 0.1) is 16.9 Å². The number of alkyl halides is 3. The van der Waals surface area contributed by atoms with E-state index in [9.17, 15) is 0 Å². The number of halogens is 3. The molecule has 0 saturated carbocycles. The minimum absolute atomic E-state index is 0.216. The molecule has 8 heteroatoms. The van der Waals surface area contributed by atoms with E-state index in [2.05, 4.69) is 41.3 Å². The molecule has 0 amide bonds. The van der Waals surface area contributed by atoms with Crippen molar-refractivity contribution in [2.45, 2.75) is 16.0 Å². The van der Waals surface area contributed by atoms with Gasteiger partial charge in [0.15, 0.2) is 0 Å². The second-order valence-electron chi connectivity index (χ2n) is 13.5. The minimum atomic E-state index is -4.66. The highest BCUT2D eigenvalue weighted by molar-refractivity contribution is 8.00. The van der Waals surface area contributed by atoms with Gasteiger partial charge < -0.3 is 9.80 Å². The number of anilines is 6. The molecule has 0 aromatic heterocycles. The van der Waals surface area contributed by atoms with Gasteiger partial charge in [0.2, 0.25) is 6.71 Å². The number of para-hydroxylation sites is 4. The van der Waals surface area contributed by atoms with Crippen molar-refractivity contribution in [2.24, 2.45) is 0 Å². The Kier molecular flexibility index (Phi) is 5.99. The molecule has 240 valence electrons. The first-order valence-electron chi connectivity index (χ1n) is 17.1. The SMILES string of the molecule is FC(F)(F)c1c2c3c4c5c1N(c1ccccc1-c1ccccc1)c1ccccc1B5c1ccccc1N4c1ccccc1B3c1ccccc1S2. The molecule has 0 spiro atoms. The van der Waals surface area contributed by atoms with Gasteiger partial charge in [-0.2, -0.15) is 13.2 Å². The van der Waals surface area contributed by atoms with Crippen LogP contribution in [0.3, 0.4) is 0 Å². The zero-order valence-electron chi connectivity index (χ0n) is 27.0. The quantitative estimate of drug-likeness (QED) is 0.173. The van der Waals surface area contributed by atoms with Crippen LogP contribution < -0.4 is 42.6 Å². The van der Waals surface area contributed by atoms with Gasteiger partial charge in [-0.15, -0.1) is 0 Å². The third kappa shape index (κ3) is 3.88. The Labute approximate surface area is 298 Å². The van der Waals surface area contributed by atoms with Crippen molar-refractivity contribution < 1.29 is 13.2 Å². The molecule has 4 heterocycles. The fourth-order valence-corrected chi connectivity index (χ4v) is 10.4. The maximum atomic E-state index is 16.4. The van der Waals surface area contributed by atoms with Gasteiger partial charge in [-0.25, -0.2) is 0 Å². The highest BCUT2D eigenvalue weighted by Gasteiger charge is 2.55. The molecule has 51 heavy (non-hydrogen) atoms. The molecule has 0 fully saturated rings. The van der Waals surface area contributed by atoms with E-state index in [1.54, 1.807) is 0 Å². The first-order chi connectivity index (χ1) is 25.0. The van der Waals surface area contributed by atoms with Gasteiger partial charge in [-0.3, -0.25) is 0 Å². The summed E-state index contributed by atoms with van der Waals surface area (Å²) in [4.78, 5) is 5.33. The average Bonchev–Trinajstić information content (AvgIpc) is 3.17. The van der Waals surface area contributed by atoms with Crippen LogP contribution in [0.5, 0.6) is 0 Å². The Morgan fingerprint density at radius 3 is 1.53 bits per heavy atom. The van der Waals surface area contributed by atoms with Crippen molar-refractivity contribution in [1.29, 1.82) is 0 Å². The summed E-state index contributed by atoms with van der Waals surface area (Å²) in [7, 11) is 0. The van der Waals surface area contributed by atoms with Crippen molar-refractivity contribution in [1.82, 2.24) is 0 Å². The lowest BCUT2D eigenvalue weighted by atomic mass is 9.29. The van der Waals surface area contributed by atoms with Gasteiger partial charge in [-0.1, -0.05) is 139 Å². The molecule has 0 N–H and O–H groups in total. The van der Waals surface area contributed by atoms with E-state index in [0.29, 0.717) is 16.0 Å². The van der Waals surface area contributed by atoms with Gasteiger partial charge in [0, 0.05) is 38.1 Å². The van der Waals surface area contributed by atoms with Gasteiger partial charge in [0.25, 0.3) is 6.71 Å². The average molecular weight is 680 g/mol.